The minimum Gasteiger partial charge on any atom is -0.295 e. The third kappa shape index (κ3) is 2.17. The van der Waals surface area contributed by atoms with Crippen LogP contribution in [0.1, 0.15) is 11.4 Å². The number of rotatable bonds is 2. The first kappa shape index (κ1) is 13.4. The number of nitrogens with zero attached hydrogens (tertiary/aromatic N) is 2. The number of aryl methyl sites for hydroxylation is 1. The van der Waals surface area contributed by atoms with Crippen molar-refractivity contribution in [2.75, 3.05) is 0 Å². The molecule has 3 aromatic rings. The topological polar surface area (TPSA) is 17.8 Å². The van der Waals surface area contributed by atoms with Gasteiger partial charge in [-0.05, 0) is 42.8 Å². The molecule has 3 rings (SSSR count). The van der Waals surface area contributed by atoms with Crippen LogP contribution in [0, 0.1) is 12.7 Å². The van der Waals surface area contributed by atoms with Crippen LogP contribution in [0.3, 0.4) is 0 Å². The van der Waals surface area contributed by atoms with Crippen molar-refractivity contribution < 1.29 is 4.39 Å². The maximum Gasteiger partial charge on any atom is 0.129 e. The Labute approximate surface area is 125 Å². The molecule has 0 radical (unpaired) electrons. The van der Waals surface area contributed by atoms with E-state index in [0.717, 1.165) is 11.0 Å². The van der Waals surface area contributed by atoms with E-state index in [1.54, 1.807) is 25.1 Å². The molecule has 0 aliphatic heterocycles. The first-order valence-corrected chi connectivity index (χ1v) is 7.01. The predicted octanol–water partition coefficient (Wildman–Crippen LogP) is 4.87. The number of aromatic nitrogens is 2. The molecule has 2 nitrogen and oxygen atoms in total. The molecule has 0 spiro atoms. The molecular formula is C15H11Cl2FN2. The molecule has 5 heteroatoms. The summed E-state index contributed by atoms with van der Waals surface area (Å²) in [6.45, 7) is 1.73. The van der Waals surface area contributed by atoms with Gasteiger partial charge in [-0.25, -0.2) is 9.37 Å². The zero-order valence-electron chi connectivity index (χ0n) is 10.7. The number of fused-ring (bicyclic) bond motifs is 1. The molecule has 0 aliphatic rings. The molecule has 2 aromatic carbocycles. The van der Waals surface area contributed by atoms with E-state index in [4.69, 9.17) is 23.2 Å². The number of alkyl halides is 1. The fourth-order valence-electron chi connectivity index (χ4n) is 2.20. The van der Waals surface area contributed by atoms with Gasteiger partial charge in [0.25, 0.3) is 0 Å². The first-order chi connectivity index (χ1) is 9.60. The summed E-state index contributed by atoms with van der Waals surface area (Å²) in [5, 5.41) is 0.604. The number of benzene rings is 2. The summed E-state index contributed by atoms with van der Waals surface area (Å²) in [6.07, 6.45) is 0. The zero-order valence-corrected chi connectivity index (χ0v) is 12.2. The van der Waals surface area contributed by atoms with Gasteiger partial charge in [-0.15, -0.1) is 11.6 Å². The number of imidazole rings is 1. The third-order valence-corrected chi connectivity index (χ3v) is 3.69. The van der Waals surface area contributed by atoms with Gasteiger partial charge in [0.15, 0.2) is 0 Å². The van der Waals surface area contributed by atoms with Gasteiger partial charge in [-0.3, -0.25) is 4.57 Å². The maximum absolute atomic E-state index is 13.8. The Morgan fingerprint density at radius 1 is 1.20 bits per heavy atom. The number of halogens is 3. The van der Waals surface area contributed by atoms with Crippen molar-refractivity contribution >= 4 is 34.2 Å². The molecule has 0 N–H and O–H groups in total. The van der Waals surface area contributed by atoms with Crippen molar-refractivity contribution in [1.82, 2.24) is 9.55 Å². The van der Waals surface area contributed by atoms with Gasteiger partial charge in [0.1, 0.15) is 11.6 Å². The predicted molar refractivity (Wildman–Crippen MR) is 80.3 cm³/mol. The van der Waals surface area contributed by atoms with Gasteiger partial charge < -0.3 is 0 Å². The molecular weight excluding hydrogens is 298 g/mol. The van der Waals surface area contributed by atoms with Crippen molar-refractivity contribution in [2.24, 2.45) is 0 Å². The SMILES string of the molecule is Cc1ccc(-n2c(CCl)nc3ccc(Cl)cc32)cc1F. The van der Waals surface area contributed by atoms with Crippen LogP contribution in [0.4, 0.5) is 4.39 Å². The smallest absolute Gasteiger partial charge is 0.129 e. The number of hydrogen-bond donors (Lipinski definition) is 0. The monoisotopic (exact) mass is 308 g/mol. The highest BCUT2D eigenvalue weighted by molar-refractivity contribution is 6.31. The Hall–Kier alpha value is -1.58. The van der Waals surface area contributed by atoms with Crippen LogP contribution in [0.15, 0.2) is 36.4 Å². The highest BCUT2D eigenvalue weighted by atomic mass is 35.5. The molecule has 0 saturated heterocycles. The number of hydrogen-bond acceptors (Lipinski definition) is 1. The van der Waals surface area contributed by atoms with E-state index in [0.29, 0.717) is 22.1 Å². The molecule has 20 heavy (non-hydrogen) atoms. The summed E-state index contributed by atoms with van der Waals surface area (Å²) in [6, 6.07) is 10.5. The molecule has 0 bridgehead atoms. The quantitative estimate of drug-likeness (QED) is 0.618. The second-order valence-electron chi connectivity index (χ2n) is 4.56. The van der Waals surface area contributed by atoms with E-state index < -0.39 is 0 Å². The molecule has 0 fully saturated rings. The van der Waals surface area contributed by atoms with E-state index >= 15 is 0 Å². The van der Waals surface area contributed by atoms with E-state index in [1.165, 1.54) is 6.07 Å². The Bertz CT molecular complexity index is 796. The molecule has 1 heterocycles. The second-order valence-corrected chi connectivity index (χ2v) is 5.27. The normalized spacial score (nSPS) is 11.2. The summed E-state index contributed by atoms with van der Waals surface area (Å²) in [4.78, 5) is 4.45. The van der Waals surface area contributed by atoms with Gasteiger partial charge in [0.05, 0.1) is 22.6 Å². The highest BCUT2D eigenvalue weighted by Crippen LogP contribution is 2.26. The fourth-order valence-corrected chi connectivity index (χ4v) is 2.54. The van der Waals surface area contributed by atoms with Gasteiger partial charge in [-0.1, -0.05) is 17.7 Å². The standard InChI is InChI=1S/C15H11Cl2FN2/c1-9-2-4-11(7-12(9)18)20-14-6-10(17)3-5-13(14)19-15(20)8-16/h2-7H,8H2,1H3. The van der Waals surface area contributed by atoms with E-state index in [2.05, 4.69) is 4.98 Å². The van der Waals surface area contributed by atoms with Crippen LogP contribution < -0.4 is 0 Å². The van der Waals surface area contributed by atoms with Crippen LogP contribution in [0.25, 0.3) is 16.7 Å². The summed E-state index contributed by atoms with van der Waals surface area (Å²) < 4.78 is 15.6. The zero-order chi connectivity index (χ0) is 14.3. The second kappa shape index (κ2) is 5.08. The molecule has 102 valence electrons. The lowest BCUT2D eigenvalue weighted by Crippen LogP contribution is -2.00. The Morgan fingerprint density at radius 3 is 2.70 bits per heavy atom. The lowest BCUT2D eigenvalue weighted by molar-refractivity contribution is 0.617. The molecule has 0 saturated carbocycles. The Kier molecular flexibility index (Phi) is 3.40. The van der Waals surface area contributed by atoms with Crippen molar-refractivity contribution in [3.63, 3.8) is 0 Å². The lowest BCUT2D eigenvalue weighted by Gasteiger charge is -2.09. The van der Waals surface area contributed by atoms with E-state index in [9.17, 15) is 4.39 Å². The highest BCUT2D eigenvalue weighted by Gasteiger charge is 2.13. The Morgan fingerprint density at radius 2 is 2.00 bits per heavy atom. The lowest BCUT2D eigenvalue weighted by atomic mass is 10.2. The first-order valence-electron chi connectivity index (χ1n) is 6.09. The minimum atomic E-state index is -0.257. The minimum absolute atomic E-state index is 0.238. The van der Waals surface area contributed by atoms with Crippen molar-refractivity contribution in [3.8, 4) is 5.69 Å². The largest absolute Gasteiger partial charge is 0.295 e. The fraction of sp³-hybridized carbons (Fsp3) is 0.133. The van der Waals surface area contributed by atoms with Gasteiger partial charge in [0, 0.05) is 5.02 Å². The van der Waals surface area contributed by atoms with Gasteiger partial charge in [0.2, 0.25) is 0 Å². The Balaban J connectivity index is 2.32. The van der Waals surface area contributed by atoms with Crippen LogP contribution in [-0.4, -0.2) is 9.55 Å². The molecule has 1 aromatic heterocycles. The maximum atomic E-state index is 13.8. The van der Waals surface area contributed by atoms with E-state index in [-0.39, 0.29) is 11.7 Å². The van der Waals surface area contributed by atoms with Gasteiger partial charge in [-0.2, -0.15) is 0 Å². The molecule has 0 aliphatic carbocycles. The van der Waals surface area contributed by atoms with Crippen molar-refractivity contribution in [3.05, 3.63) is 58.6 Å². The molecule has 0 amide bonds. The third-order valence-electron chi connectivity index (χ3n) is 3.22. The summed E-state index contributed by atoms with van der Waals surface area (Å²) in [5.41, 5.74) is 2.89. The van der Waals surface area contributed by atoms with Crippen molar-refractivity contribution in [1.29, 1.82) is 0 Å². The average molecular weight is 309 g/mol. The van der Waals surface area contributed by atoms with Crippen LogP contribution in [-0.2, 0) is 5.88 Å². The summed E-state index contributed by atoms with van der Waals surface area (Å²) >= 11 is 12.0. The molecule has 0 atom stereocenters. The van der Waals surface area contributed by atoms with Crippen molar-refractivity contribution in [2.45, 2.75) is 12.8 Å². The average Bonchev–Trinajstić information content (AvgIpc) is 2.79. The van der Waals surface area contributed by atoms with E-state index in [1.807, 2.05) is 16.7 Å². The van der Waals surface area contributed by atoms with Crippen LogP contribution in [0.5, 0.6) is 0 Å². The van der Waals surface area contributed by atoms with Crippen LogP contribution >= 0.6 is 23.2 Å². The van der Waals surface area contributed by atoms with Crippen LogP contribution in [0.2, 0.25) is 5.02 Å². The molecule has 0 unspecified atom stereocenters. The van der Waals surface area contributed by atoms with Gasteiger partial charge >= 0.3 is 0 Å². The summed E-state index contributed by atoms with van der Waals surface area (Å²) in [7, 11) is 0. The summed E-state index contributed by atoms with van der Waals surface area (Å²) in [5.74, 6) is 0.640.